The number of fused-ring (bicyclic) bond motifs is 1. The predicted octanol–water partition coefficient (Wildman–Crippen LogP) is 5.92. The molecule has 1 atom stereocenters. The molecule has 0 aliphatic carbocycles. The minimum Gasteiger partial charge on any atom is -0.475 e. The summed E-state index contributed by atoms with van der Waals surface area (Å²) in [6, 6.07) is 8.75. The van der Waals surface area contributed by atoms with E-state index in [9.17, 15) is 18.0 Å². The molecule has 1 aromatic heterocycles. The molecule has 2 aromatic carbocycles. The van der Waals surface area contributed by atoms with Crippen molar-refractivity contribution in [2.45, 2.75) is 65.2 Å². The van der Waals surface area contributed by atoms with Gasteiger partial charge >= 0.3 is 6.18 Å². The molecular weight excluding hydrogens is 421 g/mol. The zero-order valence-corrected chi connectivity index (χ0v) is 18.4. The van der Waals surface area contributed by atoms with Gasteiger partial charge in [-0.05, 0) is 36.5 Å². The van der Waals surface area contributed by atoms with E-state index in [0.717, 1.165) is 12.0 Å². The van der Waals surface area contributed by atoms with E-state index in [0.29, 0.717) is 48.1 Å². The molecule has 0 bridgehead atoms. The van der Waals surface area contributed by atoms with E-state index in [1.165, 1.54) is 6.07 Å². The predicted molar refractivity (Wildman–Crippen MR) is 115 cm³/mol. The molecule has 0 aliphatic rings. The second-order valence-corrected chi connectivity index (χ2v) is 7.74. The summed E-state index contributed by atoms with van der Waals surface area (Å²) in [5, 5.41) is 3.20. The second-order valence-electron chi connectivity index (χ2n) is 7.74. The zero-order chi connectivity index (χ0) is 23.5. The lowest BCUT2D eigenvalue weighted by Gasteiger charge is -2.22. The topological polar surface area (TPSA) is 78.3 Å². The number of nitrogens with two attached hydrogens (primary N) is 1. The van der Waals surface area contributed by atoms with Crippen LogP contribution in [0.3, 0.4) is 0 Å². The van der Waals surface area contributed by atoms with Gasteiger partial charge in [-0.3, -0.25) is 4.79 Å². The van der Waals surface area contributed by atoms with Crippen LogP contribution in [-0.2, 0) is 30.2 Å². The highest BCUT2D eigenvalue weighted by Crippen LogP contribution is 2.41. The molecular formula is C24H27F3N2O3. The first-order valence-electron chi connectivity index (χ1n) is 10.8. The summed E-state index contributed by atoms with van der Waals surface area (Å²) in [6.07, 6.45) is -2.72. The van der Waals surface area contributed by atoms with Crippen molar-refractivity contribution in [1.82, 2.24) is 5.16 Å². The number of nitrogens with zero attached hydrogens (tertiary/aromatic N) is 1. The number of hydrogen-bond acceptors (Lipinski definition) is 4. The first-order valence-corrected chi connectivity index (χ1v) is 10.8. The zero-order valence-electron chi connectivity index (χ0n) is 18.4. The van der Waals surface area contributed by atoms with Crippen LogP contribution in [0.4, 0.5) is 13.2 Å². The van der Waals surface area contributed by atoms with Gasteiger partial charge in [-0.1, -0.05) is 63.0 Å². The molecule has 0 saturated heterocycles. The molecule has 1 unspecified atom stereocenters. The highest BCUT2D eigenvalue weighted by molar-refractivity contribution is 5.87. The van der Waals surface area contributed by atoms with Gasteiger partial charge in [0.2, 0.25) is 6.10 Å². The normalized spacial score (nSPS) is 12.8. The third-order valence-corrected chi connectivity index (χ3v) is 5.36. The monoisotopic (exact) mass is 448 g/mol. The van der Waals surface area contributed by atoms with Crippen molar-refractivity contribution in [3.8, 4) is 5.75 Å². The Hall–Kier alpha value is -3.03. The van der Waals surface area contributed by atoms with Crippen LogP contribution in [-0.4, -0.2) is 11.1 Å². The van der Waals surface area contributed by atoms with E-state index in [-0.39, 0.29) is 11.0 Å². The Labute approximate surface area is 184 Å². The number of carbonyl (C=O) groups excluding carboxylic acids is 1. The number of ether oxygens (including phenoxy) is 1. The average molecular weight is 448 g/mol. The maximum atomic E-state index is 13.5. The van der Waals surface area contributed by atoms with Crippen LogP contribution in [0.25, 0.3) is 11.0 Å². The number of amides is 1. The first-order chi connectivity index (χ1) is 15.2. The molecule has 3 rings (SSSR count). The minimum absolute atomic E-state index is 0.0265. The summed E-state index contributed by atoms with van der Waals surface area (Å²) in [6.45, 7) is 5.84. The molecule has 0 saturated carbocycles. The molecule has 32 heavy (non-hydrogen) atoms. The highest BCUT2D eigenvalue weighted by Gasteiger charge is 2.38. The van der Waals surface area contributed by atoms with Gasteiger partial charge in [-0.2, -0.15) is 13.2 Å². The summed E-state index contributed by atoms with van der Waals surface area (Å²) in [5.74, 6) is -0.345. The fourth-order valence-electron chi connectivity index (χ4n) is 3.81. The molecule has 0 aliphatic heterocycles. The summed E-state index contributed by atoms with van der Waals surface area (Å²) in [7, 11) is 0. The number of primary amides is 1. The largest absolute Gasteiger partial charge is 0.475 e. The van der Waals surface area contributed by atoms with Gasteiger partial charge in [0.25, 0.3) is 5.91 Å². The van der Waals surface area contributed by atoms with Crippen LogP contribution in [0.15, 0.2) is 34.9 Å². The van der Waals surface area contributed by atoms with Gasteiger partial charge in [0.1, 0.15) is 5.75 Å². The van der Waals surface area contributed by atoms with Crippen molar-refractivity contribution in [3.63, 3.8) is 0 Å². The number of benzene rings is 2. The molecule has 1 heterocycles. The van der Waals surface area contributed by atoms with E-state index in [4.69, 9.17) is 15.0 Å². The third-order valence-electron chi connectivity index (χ3n) is 5.36. The molecule has 1 amide bonds. The number of rotatable bonds is 9. The van der Waals surface area contributed by atoms with Gasteiger partial charge in [-0.15, -0.1) is 0 Å². The van der Waals surface area contributed by atoms with E-state index in [1.807, 2.05) is 32.9 Å². The number of aryl methyl sites for hydroxylation is 3. The van der Waals surface area contributed by atoms with Gasteiger partial charge in [-0.25, -0.2) is 0 Å². The van der Waals surface area contributed by atoms with Gasteiger partial charge in [0, 0.05) is 11.1 Å². The van der Waals surface area contributed by atoms with Gasteiger partial charge in [0.15, 0.2) is 11.3 Å². The fraction of sp³-hybridized carbons (Fsp3) is 0.417. The van der Waals surface area contributed by atoms with E-state index >= 15 is 0 Å². The van der Waals surface area contributed by atoms with E-state index < -0.39 is 23.9 Å². The maximum absolute atomic E-state index is 13.5. The summed E-state index contributed by atoms with van der Waals surface area (Å²) < 4.78 is 51.7. The Morgan fingerprint density at radius 3 is 2.31 bits per heavy atom. The molecule has 172 valence electrons. The van der Waals surface area contributed by atoms with Gasteiger partial charge < -0.3 is 15.0 Å². The SMILES string of the molecule is CCCc1cc2c(C(F)(F)F)noc2c(CCC)c1OC(C(N)=O)c1ccc(CC)cc1. The molecule has 3 aromatic rings. The number of alkyl halides is 3. The van der Waals surface area contributed by atoms with E-state index in [2.05, 4.69) is 5.16 Å². The van der Waals surface area contributed by atoms with Crippen LogP contribution in [0.1, 0.15) is 67.7 Å². The molecule has 0 fully saturated rings. The Balaban J connectivity index is 2.18. The lowest BCUT2D eigenvalue weighted by atomic mass is 9.97. The average Bonchev–Trinajstić information content (AvgIpc) is 3.18. The molecule has 8 heteroatoms. The molecule has 5 nitrogen and oxygen atoms in total. The fourth-order valence-corrected chi connectivity index (χ4v) is 3.81. The third kappa shape index (κ3) is 4.74. The number of carbonyl (C=O) groups is 1. The van der Waals surface area contributed by atoms with Crippen LogP contribution in [0.2, 0.25) is 0 Å². The number of hydrogen-bond donors (Lipinski definition) is 1. The van der Waals surface area contributed by atoms with Crippen molar-refractivity contribution in [2.24, 2.45) is 5.73 Å². The van der Waals surface area contributed by atoms with Crippen LogP contribution < -0.4 is 10.5 Å². The lowest BCUT2D eigenvalue weighted by Crippen LogP contribution is -2.27. The summed E-state index contributed by atoms with van der Waals surface area (Å²) in [4.78, 5) is 12.3. The lowest BCUT2D eigenvalue weighted by molar-refractivity contribution is -0.141. The van der Waals surface area contributed by atoms with Crippen LogP contribution in [0.5, 0.6) is 5.75 Å². The van der Waals surface area contributed by atoms with Crippen molar-refractivity contribution >= 4 is 16.9 Å². The quantitative estimate of drug-likeness (QED) is 0.441. The van der Waals surface area contributed by atoms with Crippen molar-refractivity contribution in [1.29, 1.82) is 0 Å². The smallest absolute Gasteiger partial charge is 0.437 e. The Bertz CT molecular complexity index is 1090. The Morgan fingerprint density at radius 1 is 1.12 bits per heavy atom. The Kier molecular flexibility index (Phi) is 7.11. The minimum atomic E-state index is -4.64. The maximum Gasteiger partial charge on any atom is 0.437 e. The molecule has 2 N–H and O–H groups in total. The van der Waals surface area contributed by atoms with Crippen molar-refractivity contribution in [3.05, 3.63) is 58.3 Å². The van der Waals surface area contributed by atoms with Crippen LogP contribution >= 0.6 is 0 Å². The van der Waals surface area contributed by atoms with Crippen molar-refractivity contribution < 1.29 is 27.2 Å². The van der Waals surface area contributed by atoms with Crippen molar-refractivity contribution in [2.75, 3.05) is 0 Å². The number of halogens is 3. The van der Waals surface area contributed by atoms with Crippen LogP contribution in [0, 0.1) is 0 Å². The van der Waals surface area contributed by atoms with Gasteiger partial charge in [0.05, 0.1) is 5.39 Å². The Morgan fingerprint density at radius 2 is 1.78 bits per heavy atom. The standard InChI is InChI=1S/C24H27F3N2O3/c1-4-7-16-13-18-21(32-29-22(18)24(25,26)27)17(8-5-2)19(16)31-20(23(28)30)15-11-9-14(6-3)10-12-15/h9-13,20H,4-8H2,1-3H3,(H2,28,30). The molecule has 0 spiro atoms. The highest BCUT2D eigenvalue weighted by atomic mass is 19.4. The first kappa shape index (κ1) is 23.6. The summed E-state index contributed by atoms with van der Waals surface area (Å²) in [5.41, 5.74) is 7.33. The number of aromatic nitrogens is 1. The second kappa shape index (κ2) is 9.63. The van der Waals surface area contributed by atoms with E-state index in [1.54, 1.807) is 12.1 Å². The summed E-state index contributed by atoms with van der Waals surface area (Å²) >= 11 is 0. The molecule has 0 radical (unpaired) electrons.